The number of hydrogen-bond acceptors (Lipinski definition) is 6. The number of nitriles is 1. The number of nitrogens with one attached hydrogen (secondary N) is 2. The maximum atomic E-state index is 12.6. The predicted octanol–water partition coefficient (Wildman–Crippen LogP) is 4.23. The van der Waals surface area contributed by atoms with E-state index in [1.807, 2.05) is 30.3 Å². The van der Waals surface area contributed by atoms with Crippen molar-refractivity contribution in [2.24, 2.45) is 0 Å². The Morgan fingerprint density at radius 2 is 1.84 bits per heavy atom. The first-order valence-corrected chi connectivity index (χ1v) is 11.8. The van der Waals surface area contributed by atoms with Crippen LogP contribution < -0.4 is 10.0 Å². The molecule has 0 radical (unpaired) electrons. The van der Waals surface area contributed by atoms with Gasteiger partial charge in [-0.2, -0.15) is 5.26 Å². The number of sulfonamides is 1. The van der Waals surface area contributed by atoms with Crippen LogP contribution >= 0.6 is 11.3 Å². The van der Waals surface area contributed by atoms with Crippen LogP contribution in [0.5, 0.6) is 0 Å². The van der Waals surface area contributed by atoms with Crippen LogP contribution in [-0.2, 0) is 14.8 Å². The minimum atomic E-state index is -3.80. The number of thiazole rings is 1. The van der Waals surface area contributed by atoms with Gasteiger partial charge in [0.15, 0.2) is 5.13 Å². The molecule has 1 amide bonds. The Balaban J connectivity index is 1.77. The molecule has 2 N–H and O–H groups in total. The number of carbonyl (C=O) groups is 1. The molecule has 0 aliphatic carbocycles. The Morgan fingerprint density at radius 3 is 2.44 bits per heavy atom. The normalized spacial score (nSPS) is 11.0. The molecule has 2 aromatic heterocycles. The molecule has 160 valence electrons. The van der Waals surface area contributed by atoms with Crippen molar-refractivity contribution in [1.29, 1.82) is 5.26 Å². The van der Waals surface area contributed by atoms with Gasteiger partial charge < -0.3 is 9.88 Å². The summed E-state index contributed by atoms with van der Waals surface area (Å²) in [5.41, 5.74) is 2.37. The lowest BCUT2D eigenvalue weighted by Crippen LogP contribution is -2.13. The number of benzene rings is 2. The van der Waals surface area contributed by atoms with Crippen LogP contribution in [0, 0.1) is 11.3 Å². The topological polar surface area (TPSA) is 117 Å². The highest BCUT2D eigenvalue weighted by Crippen LogP contribution is 2.33. The lowest BCUT2D eigenvalue weighted by atomic mass is 10.1. The molecular weight excluding hydrogens is 446 g/mol. The molecule has 0 bridgehead atoms. The molecule has 0 aliphatic rings. The first-order valence-electron chi connectivity index (χ1n) is 9.40. The maximum absolute atomic E-state index is 12.6. The molecule has 4 rings (SSSR count). The van der Waals surface area contributed by atoms with Crippen molar-refractivity contribution < 1.29 is 13.2 Å². The van der Waals surface area contributed by atoms with Gasteiger partial charge in [-0.05, 0) is 29.8 Å². The van der Waals surface area contributed by atoms with E-state index in [0.29, 0.717) is 22.6 Å². The second kappa shape index (κ2) is 8.66. The van der Waals surface area contributed by atoms with E-state index in [1.165, 1.54) is 36.6 Å². The van der Waals surface area contributed by atoms with E-state index in [9.17, 15) is 18.5 Å². The summed E-state index contributed by atoms with van der Waals surface area (Å²) in [6, 6.07) is 17.6. The number of rotatable bonds is 6. The van der Waals surface area contributed by atoms with Crippen LogP contribution in [0.3, 0.4) is 0 Å². The summed E-state index contributed by atoms with van der Waals surface area (Å²) in [7, 11) is -3.80. The smallest absolute Gasteiger partial charge is 0.263 e. The van der Waals surface area contributed by atoms with Crippen molar-refractivity contribution >= 4 is 38.2 Å². The second-order valence-electron chi connectivity index (χ2n) is 6.73. The van der Waals surface area contributed by atoms with E-state index < -0.39 is 10.0 Å². The van der Waals surface area contributed by atoms with Gasteiger partial charge in [-0.1, -0.05) is 30.3 Å². The van der Waals surface area contributed by atoms with Crippen molar-refractivity contribution in [3.8, 4) is 22.9 Å². The van der Waals surface area contributed by atoms with Crippen molar-refractivity contribution in [3.63, 3.8) is 0 Å². The zero-order valence-corrected chi connectivity index (χ0v) is 18.4. The SMILES string of the molecule is CC(=O)Nc1c(C#N)c(-c2ccccc2)cn1-c1ccc(S(=O)(=O)Nc2nccs2)cc1. The highest BCUT2D eigenvalue weighted by atomic mass is 32.2. The molecular formula is C22H17N5O3S2. The monoisotopic (exact) mass is 463 g/mol. The average molecular weight is 464 g/mol. The average Bonchev–Trinajstić information content (AvgIpc) is 3.41. The molecule has 4 aromatic rings. The van der Waals surface area contributed by atoms with Crippen LogP contribution in [-0.4, -0.2) is 23.9 Å². The summed E-state index contributed by atoms with van der Waals surface area (Å²) in [5, 5.41) is 14.5. The van der Waals surface area contributed by atoms with E-state index >= 15 is 0 Å². The molecule has 10 heteroatoms. The van der Waals surface area contributed by atoms with Crippen LogP contribution in [0.4, 0.5) is 10.9 Å². The Hall–Kier alpha value is -3.94. The fourth-order valence-corrected chi connectivity index (χ4v) is 4.97. The summed E-state index contributed by atoms with van der Waals surface area (Å²) in [6.45, 7) is 1.36. The minimum Gasteiger partial charge on any atom is -0.311 e. The summed E-state index contributed by atoms with van der Waals surface area (Å²) in [4.78, 5) is 15.8. The van der Waals surface area contributed by atoms with Crippen molar-refractivity contribution in [1.82, 2.24) is 9.55 Å². The van der Waals surface area contributed by atoms with E-state index in [2.05, 4.69) is 21.1 Å². The third-order valence-corrected chi connectivity index (χ3v) is 6.75. The lowest BCUT2D eigenvalue weighted by molar-refractivity contribution is -0.114. The lowest BCUT2D eigenvalue weighted by Gasteiger charge is -2.11. The molecule has 0 spiro atoms. The molecule has 2 heterocycles. The van der Waals surface area contributed by atoms with Gasteiger partial charge >= 0.3 is 0 Å². The minimum absolute atomic E-state index is 0.0634. The van der Waals surface area contributed by atoms with Gasteiger partial charge in [0.05, 0.1) is 4.90 Å². The second-order valence-corrected chi connectivity index (χ2v) is 9.31. The zero-order valence-electron chi connectivity index (χ0n) is 16.8. The molecule has 0 saturated heterocycles. The molecule has 0 aliphatic heterocycles. The summed E-state index contributed by atoms with van der Waals surface area (Å²) in [6.07, 6.45) is 3.26. The van der Waals surface area contributed by atoms with Crippen molar-refractivity contribution in [2.75, 3.05) is 10.0 Å². The maximum Gasteiger partial charge on any atom is 0.263 e. The third-order valence-electron chi connectivity index (χ3n) is 4.58. The summed E-state index contributed by atoms with van der Waals surface area (Å²) < 4.78 is 29.3. The van der Waals surface area contributed by atoms with Gasteiger partial charge in [0.2, 0.25) is 5.91 Å². The number of anilines is 2. The Bertz CT molecular complexity index is 1400. The highest BCUT2D eigenvalue weighted by Gasteiger charge is 2.20. The van der Waals surface area contributed by atoms with Gasteiger partial charge in [-0.15, -0.1) is 11.3 Å². The highest BCUT2D eigenvalue weighted by molar-refractivity contribution is 7.93. The molecule has 2 aromatic carbocycles. The van der Waals surface area contributed by atoms with Gasteiger partial charge in [-0.25, -0.2) is 13.4 Å². The molecule has 0 unspecified atom stereocenters. The number of aromatic nitrogens is 2. The quantitative estimate of drug-likeness (QED) is 0.444. The summed E-state index contributed by atoms with van der Waals surface area (Å²) in [5.74, 6) is -0.0114. The van der Waals surface area contributed by atoms with Crippen LogP contribution in [0.1, 0.15) is 12.5 Å². The van der Waals surface area contributed by atoms with Gasteiger partial charge in [0, 0.05) is 35.9 Å². The van der Waals surface area contributed by atoms with E-state index in [4.69, 9.17) is 0 Å². The third kappa shape index (κ3) is 4.25. The number of nitrogens with zero attached hydrogens (tertiary/aromatic N) is 3. The Morgan fingerprint density at radius 1 is 1.12 bits per heavy atom. The number of hydrogen-bond donors (Lipinski definition) is 2. The zero-order chi connectivity index (χ0) is 22.7. The summed E-state index contributed by atoms with van der Waals surface area (Å²) >= 11 is 1.18. The molecule has 0 fully saturated rings. The molecule has 32 heavy (non-hydrogen) atoms. The number of amides is 1. The predicted molar refractivity (Wildman–Crippen MR) is 123 cm³/mol. The van der Waals surface area contributed by atoms with Gasteiger partial charge in [0.1, 0.15) is 17.5 Å². The van der Waals surface area contributed by atoms with E-state index in [0.717, 1.165) is 5.56 Å². The first-order chi connectivity index (χ1) is 15.4. The van der Waals surface area contributed by atoms with E-state index in [-0.39, 0.29) is 15.9 Å². The fourth-order valence-electron chi connectivity index (χ4n) is 3.18. The fraction of sp³-hybridized carbons (Fsp3) is 0.0455. The van der Waals surface area contributed by atoms with Gasteiger partial charge in [-0.3, -0.25) is 9.52 Å². The van der Waals surface area contributed by atoms with Crippen LogP contribution in [0.2, 0.25) is 0 Å². The Kier molecular flexibility index (Phi) is 5.77. The van der Waals surface area contributed by atoms with Crippen molar-refractivity contribution in [3.05, 3.63) is 77.9 Å². The molecule has 0 saturated carbocycles. The van der Waals surface area contributed by atoms with Crippen molar-refractivity contribution in [2.45, 2.75) is 11.8 Å². The largest absolute Gasteiger partial charge is 0.311 e. The van der Waals surface area contributed by atoms with Crippen LogP contribution in [0.25, 0.3) is 16.8 Å². The Labute approximate surface area is 188 Å². The van der Waals surface area contributed by atoms with Crippen LogP contribution in [0.15, 0.2) is 77.3 Å². The van der Waals surface area contributed by atoms with E-state index in [1.54, 1.807) is 28.3 Å². The number of carbonyl (C=O) groups excluding carboxylic acids is 1. The molecule has 8 nitrogen and oxygen atoms in total. The molecule has 0 atom stereocenters. The van der Waals surface area contributed by atoms with Gasteiger partial charge in [0.25, 0.3) is 10.0 Å². The standard InChI is InChI=1S/C22H17N5O3S2/c1-15(28)25-21-19(13-23)20(16-5-3-2-4-6-16)14-27(21)17-7-9-18(10-8-17)32(29,30)26-22-24-11-12-31-22/h2-12,14H,1H3,(H,24,26)(H,25,28). The first kappa shape index (κ1) is 21.3.